The summed E-state index contributed by atoms with van der Waals surface area (Å²) in [5.41, 5.74) is 0.971. The maximum atomic E-state index is 13.7. The van der Waals surface area contributed by atoms with Crippen molar-refractivity contribution in [3.05, 3.63) is 46.6 Å². The summed E-state index contributed by atoms with van der Waals surface area (Å²) in [6.07, 6.45) is 1.76. The summed E-state index contributed by atoms with van der Waals surface area (Å²) in [7, 11) is -3.46. The first kappa shape index (κ1) is 18.0. The molecule has 1 aromatic heterocycles. The van der Waals surface area contributed by atoms with Gasteiger partial charge in [0.15, 0.2) is 0 Å². The van der Waals surface area contributed by atoms with Crippen LogP contribution in [0.25, 0.3) is 0 Å². The molecule has 0 unspecified atom stereocenters. The summed E-state index contributed by atoms with van der Waals surface area (Å²) in [6.45, 7) is 2.90. The quantitative estimate of drug-likeness (QED) is 0.864. The lowest BCUT2D eigenvalue weighted by Gasteiger charge is -2.13. The highest BCUT2D eigenvalue weighted by molar-refractivity contribution is 7.91. The number of carbonyl (C=O) groups excluding carboxylic acids is 1. The van der Waals surface area contributed by atoms with Gasteiger partial charge in [-0.05, 0) is 49.6 Å². The molecule has 2 aromatic rings. The van der Waals surface area contributed by atoms with Crippen molar-refractivity contribution in [3.63, 3.8) is 0 Å². The van der Waals surface area contributed by atoms with E-state index in [0.29, 0.717) is 18.0 Å². The predicted molar refractivity (Wildman–Crippen MR) is 95.8 cm³/mol. The first-order valence-electron chi connectivity index (χ1n) is 8.01. The van der Waals surface area contributed by atoms with Gasteiger partial charge in [-0.15, -0.1) is 11.3 Å². The lowest BCUT2D eigenvalue weighted by atomic mass is 10.2. The van der Waals surface area contributed by atoms with Crippen LogP contribution in [0.15, 0.2) is 34.5 Å². The molecule has 0 radical (unpaired) electrons. The summed E-state index contributed by atoms with van der Waals surface area (Å²) in [5.74, 6) is -0.876. The van der Waals surface area contributed by atoms with E-state index >= 15 is 0 Å². The highest BCUT2D eigenvalue weighted by Crippen LogP contribution is 2.28. The van der Waals surface area contributed by atoms with Crippen LogP contribution < -0.4 is 5.32 Å². The Hall–Kier alpha value is -1.77. The van der Waals surface area contributed by atoms with Crippen molar-refractivity contribution >= 4 is 33.0 Å². The first-order chi connectivity index (χ1) is 11.9. The summed E-state index contributed by atoms with van der Waals surface area (Å²) >= 11 is 1.09. The summed E-state index contributed by atoms with van der Waals surface area (Å²) in [4.78, 5) is 12.8. The van der Waals surface area contributed by atoms with Crippen molar-refractivity contribution in [2.75, 3.05) is 18.4 Å². The van der Waals surface area contributed by atoms with Crippen LogP contribution in [-0.2, 0) is 21.2 Å². The van der Waals surface area contributed by atoms with Crippen LogP contribution in [0.2, 0.25) is 0 Å². The van der Waals surface area contributed by atoms with Gasteiger partial charge in [0, 0.05) is 18.0 Å². The third-order valence-electron chi connectivity index (χ3n) is 4.03. The Morgan fingerprint density at radius 2 is 1.96 bits per heavy atom. The fourth-order valence-electron chi connectivity index (χ4n) is 2.74. The van der Waals surface area contributed by atoms with Gasteiger partial charge in [-0.3, -0.25) is 4.79 Å². The number of halogens is 1. The van der Waals surface area contributed by atoms with Crippen molar-refractivity contribution in [3.8, 4) is 0 Å². The minimum atomic E-state index is -3.46. The van der Waals surface area contributed by atoms with Crippen molar-refractivity contribution in [2.45, 2.75) is 30.4 Å². The van der Waals surface area contributed by atoms with Gasteiger partial charge >= 0.3 is 0 Å². The average molecular weight is 382 g/mol. The molecule has 2 heterocycles. The summed E-state index contributed by atoms with van der Waals surface area (Å²) in [5, 5.41) is 2.54. The zero-order chi connectivity index (χ0) is 18.0. The van der Waals surface area contributed by atoms with E-state index in [2.05, 4.69) is 5.32 Å². The molecule has 5 nitrogen and oxygen atoms in total. The van der Waals surface area contributed by atoms with E-state index in [-0.39, 0.29) is 22.2 Å². The van der Waals surface area contributed by atoms with Crippen LogP contribution in [0.1, 0.15) is 23.3 Å². The van der Waals surface area contributed by atoms with Gasteiger partial charge < -0.3 is 5.32 Å². The zero-order valence-electron chi connectivity index (χ0n) is 13.8. The predicted octanol–water partition coefficient (Wildman–Crippen LogP) is 3.16. The number of nitrogens with zero attached hydrogens (tertiary/aromatic N) is 1. The van der Waals surface area contributed by atoms with Crippen LogP contribution in [0.5, 0.6) is 0 Å². The molecule has 1 saturated heterocycles. The van der Waals surface area contributed by atoms with E-state index in [1.165, 1.54) is 16.4 Å². The van der Waals surface area contributed by atoms with Crippen LogP contribution >= 0.6 is 11.3 Å². The van der Waals surface area contributed by atoms with Crippen LogP contribution in [0.4, 0.5) is 10.1 Å². The fourth-order valence-corrected chi connectivity index (χ4v) is 5.76. The van der Waals surface area contributed by atoms with E-state index in [4.69, 9.17) is 0 Å². The molecule has 3 rings (SSSR count). The number of anilines is 1. The average Bonchev–Trinajstić information content (AvgIpc) is 3.22. The maximum absolute atomic E-state index is 13.7. The number of sulfonamides is 1. The number of aryl methyl sites for hydroxylation is 1. The van der Waals surface area contributed by atoms with E-state index in [1.54, 1.807) is 18.2 Å². The maximum Gasteiger partial charge on any atom is 0.252 e. The highest BCUT2D eigenvalue weighted by Gasteiger charge is 2.28. The summed E-state index contributed by atoms with van der Waals surface area (Å²) in [6, 6.07) is 7.66. The van der Waals surface area contributed by atoms with Gasteiger partial charge in [-0.2, -0.15) is 4.31 Å². The Morgan fingerprint density at radius 1 is 1.24 bits per heavy atom. The molecule has 134 valence electrons. The molecule has 1 aliphatic rings. The topological polar surface area (TPSA) is 66.5 Å². The molecule has 0 aliphatic carbocycles. The van der Waals surface area contributed by atoms with E-state index < -0.39 is 15.8 Å². The number of amides is 1. The van der Waals surface area contributed by atoms with Gasteiger partial charge in [-0.1, -0.05) is 6.07 Å². The van der Waals surface area contributed by atoms with Crippen molar-refractivity contribution in [2.24, 2.45) is 0 Å². The number of thiophene rings is 1. The third kappa shape index (κ3) is 4.08. The molecule has 0 bridgehead atoms. The smallest absolute Gasteiger partial charge is 0.252 e. The molecule has 1 amide bonds. The second kappa shape index (κ2) is 7.23. The largest absolute Gasteiger partial charge is 0.323 e. The molecule has 8 heteroatoms. The highest BCUT2D eigenvalue weighted by atomic mass is 32.2. The van der Waals surface area contributed by atoms with Crippen molar-refractivity contribution in [1.82, 2.24) is 4.31 Å². The van der Waals surface area contributed by atoms with E-state index in [0.717, 1.165) is 29.7 Å². The minimum absolute atomic E-state index is 0.00751. The molecule has 1 fully saturated rings. The van der Waals surface area contributed by atoms with Crippen molar-refractivity contribution in [1.29, 1.82) is 0 Å². The Morgan fingerprint density at radius 3 is 2.68 bits per heavy atom. The normalized spacial score (nSPS) is 15.4. The van der Waals surface area contributed by atoms with Gasteiger partial charge in [0.25, 0.3) is 10.0 Å². The molecule has 1 N–H and O–H groups in total. The van der Waals surface area contributed by atoms with Crippen LogP contribution in [-0.4, -0.2) is 31.7 Å². The molecular weight excluding hydrogens is 363 g/mol. The number of nitrogens with one attached hydrogen (secondary N) is 1. The van der Waals surface area contributed by atoms with E-state index in [1.807, 2.05) is 6.92 Å². The molecule has 0 spiro atoms. The molecular formula is C17H19FN2O3S2. The molecule has 25 heavy (non-hydrogen) atoms. The van der Waals surface area contributed by atoms with Crippen LogP contribution in [0.3, 0.4) is 0 Å². The Balaban J connectivity index is 1.68. The molecule has 1 aromatic carbocycles. The number of carbonyl (C=O) groups is 1. The van der Waals surface area contributed by atoms with Gasteiger partial charge in [0.2, 0.25) is 5.91 Å². The first-order valence-corrected chi connectivity index (χ1v) is 10.3. The van der Waals surface area contributed by atoms with Crippen molar-refractivity contribution < 1.29 is 17.6 Å². The fraction of sp³-hybridized carbons (Fsp3) is 0.353. The molecule has 0 saturated carbocycles. The minimum Gasteiger partial charge on any atom is -0.323 e. The number of rotatable bonds is 5. The lowest BCUT2D eigenvalue weighted by molar-refractivity contribution is -0.115. The summed E-state index contributed by atoms with van der Waals surface area (Å²) < 4.78 is 40.4. The number of benzene rings is 1. The SMILES string of the molecule is Cc1ccc(F)c(NC(=O)Cc2ccc(S(=O)(=O)N3CCCC3)s2)c1. The second-order valence-corrected chi connectivity index (χ2v) is 9.37. The van der Waals surface area contributed by atoms with E-state index in [9.17, 15) is 17.6 Å². The molecule has 1 aliphatic heterocycles. The van der Waals surface area contributed by atoms with Gasteiger partial charge in [-0.25, -0.2) is 12.8 Å². The Labute approximate surface area is 150 Å². The lowest BCUT2D eigenvalue weighted by Crippen LogP contribution is -2.27. The van der Waals surface area contributed by atoms with Gasteiger partial charge in [0.05, 0.1) is 12.1 Å². The Bertz CT molecular complexity index is 887. The monoisotopic (exact) mass is 382 g/mol. The zero-order valence-corrected chi connectivity index (χ0v) is 15.4. The van der Waals surface area contributed by atoms with Crippen LogP contribution in [0, 0.1) is 12.7 Å². The number of hydrogen-bond donors (Lipinski definition) is 1. The van der Waals surface area contributed by atoms with Gasteiger partial charge in [0.1, 0.15) is 10.0 Å². The number of hydrogen-bond acceptors (Lipinski definition) is 4. The standard InChI is InChI=1S/C17H19FN2O3S2/c1-12-4-6-14(18)15(10-12)19-16(21)11-13-5-7-17(24-13)25(22,23)20-8-2-3-9-20/h4-7,10H,2-3,8-9,11H2,1H3,(H,19,21). The Kier molecular flexibility index (Phi) is 5.21. The second-order valence-electron chi connectivity index (χ2n) is 6.04. The molecule has 0 atom stereocenters. The third-order valence-corrected chi connectivity index (χ3v) is 7.48.